The van der Waals surface area contributed by atoms with Crippen LogP contribution >= 0.6 is 0 Å². The number of carbonyl (C=O) groups excluding carboxylic acids is 1. The van der Waals surface area contributed by atoms with E-state index in [0.717, 1.165) is 11.3 Å². The van der Waals surface area contributed by atoms with Crippen molar-refractivity contribution in [2.24, 2.45) is 5.73 Å². The first kappa shape index (κ1) is 19.8. The molecule has 28 heavy (non-hydrogen) atoms. The number of nitrogens with two attached hydrogens (primary N) is 1. The third-order valence-corrected chi connectivity index (χ3v) is 5.15. The minimum absolute atomic E-state index is 0.00178. The van der Waals surface area contributed by atoms with Crippen LogP contribution in [0.2, 0.25) is 0 Å². The van der Waals surface area contributed by atoms with E-state index < -0.39 is 11.9 Å². The smallest absolute Gasteiger partial charge is 0.338 e. The lowest BCUT2D eigenvalue weighted by atomic mass is 9.82. The Hall–Kier alpha value is -2.98. The number of esters is 1. The van der Waals surface area contributed by atoms with Gasteiger partial charge in [0.05, 0.1) is 24.2 Å². The van der Waals surface area contributed by atoms with E-state index in [9.17, 15) is 15.2 Å². The number of hydrogen-bond acceptors (Lipinski definition) is 7. The molecule has 0 spiro atoms. The van der Waals surface area contributed by atoms with Crippen molar-refractivity contribution in [3.05, 3.63) is 52.6 Å². The summed E-state index contributed by atoms with van der Waals surface area (Å²) in [6.07, 6.45) is 1.05. The molecular weight excluding hydrogens is 358 g/mol. The maximum absolute atomic E-state index is 12.7. The number of anilines is 1. The summed E-state index contributed by atoms with van der Waals surface area (Å²) < 4.78 is 10.7. The van der Waals surface area contributed by atoms with Crippen LogP contribution in [0, 0.1) is 11.3 Å². The first-order chi connectivity index (χ1) is 13.5. The topological polar surface area (TPSA) is 109 Å². The van der Waals surface area contributed by atoms with Crippen molar-refractivity contribution in [2.75, 3.05) is 24.6 Å². The van der Waals surface area contributed by atoms with Crippen molar-refractivity contribution < 1.29 is 19.4 Å². The summed E-state index contributed by atoms with van der Waals surface area (Å²) >= 11 is 0. The molecule has 148 valence electrons. The Kier molecular flexibility index (Phi) is 5.90. The van der Waals surface area contributed by atoms with Gasteiger partial charge in [-0.2, -0.15) is 5.26 Å². The molecule has 1 saturated heterocycles. The van der Waals surface area contributed by atoms with Crippen molar-refractivity contribution in [2.45, 2.75) is 38.7 Å². The standard InChI is InChI=1S/C21H25N3O4/c1-3-27-21(26)18-13(2)28-20(23)16(12-22)19(18)15-6-4-5-7-17(15)24-10-8-14(25)9-11-24/h4-7,14,19,25H,3,8-11,23H2,1-2H3. The highest BCUT2D eigenvalue weighted by Gasteiger charge is 2.38. The SMILES string of the molecule is CCOC(=O)C1=C(C)OC(N)=C(C#N)C1c1ccccc1N1CCC(O)CC1. The van der Waals surface area contributed by atoms with Crippen LogP contribution in [0.3, 0.4) is 0 Å². The van der Waals surface area contributed by atoms with Gasteiger partial charge < -0.3 is 25.2 Å². The fraction of sp³-hybridized carbons (Fsp3) is 0.429. The zero-order chi connectivity index (χ0) is 20.3. The number of ether oxygens (including phenoxy) is 2. The summed E-state index contributed by atoms with van der Waals surface area (Å²) in [4.78, 5) is 14.9. The lowest BCUT2D eigenvalue weighted by Crippen LogP contribution is -2.37. The zero-order valence-electron chi connectivity index (χ0n) is 16.1. The molecule has 1 fully saturated rings. The van der Waals surface area contributed by atoms with Crippen LogP contribution in [0.1, 0.15) is 38.2 Å². The molecule has 0 aliphatic carbocycles. The van der Waals surface area contributed by atoms with E-state index >= 15 is 0 Å². The number of benzene rings is 1. The summed E-state index contributed by atoms with van der Waals surface area (Å²) in [5.41, 5.74) is 8.18. The molecule has 2 aliphatic heterocycles. The molecule has 0 radical (unpaired) electrons. The van der Waals surface area contributed by atoms with Gasteiger partial charge in [-0.3, -0.25) is 0 Å². The average Bonchev–Trinajstić information content (AvgIpc) is 2.68. The molecule has 1 atom stereocenters. The monoisotopic (exact) mass is 383 g/mol. The molecule has 0 aromatic heterocycles. The number of carbonyl (C=O) groups is 1. The van der Waals surface area contributed by atoms with Crippen molar-refractivity contribution in [3.63, 3.8) is 0 Å². The number of aliphatic hydroxyl groups is 1. The normalized spacial score (nSPS) is 20.6. The van der Waals surface area contributed by atoms with Gasteiger partial charge in [-0.15, -0.1) is 0 Å². The first-order valence-corrected chi connectivity index (χ1v) is 9.45. The van der Waals surface area contributed by atoms with Gasteiger partial charge in [0.15, 0.2) is 0 Å². The van der Waals surface area contributed by atoms with E-state index in [4.69, 9.17) is 15.2 Å². The molecule has 3 N–H and O–H groups in total. The second-order valence-electron chi connectivity index (χ2n) is 6.89. The lowest BCUT2D eigenvalue weighted by Gasteiger charge is -2.35. The van der Waals surface area contributed by atoms with E-state index in [1.807, 2.05) is 24.3 Å². The number of nitriles is 1. The highest BCUT2D eigenvalue weighted by Crippen LogP contribution is 2.43. The third kappa shape index (κ3) is 3.69. The molecule has 1 aromatic rings. The zero-order valence-corrected chi connectivity index (χ0v) is 16.1. The molecule has 3 rings (SSSR count). The minimum atomic E-state index is -0.666. The summed E-state index contributed by atoms with van der Waals surface area (Å²) in [6.45, 7) is 4.99. The molecule has 7 nitrogen and oxygen atoms in total. The number of allylic oxidation sites excluding steroid dienone is 2. The quantitative estimate of drug-likeness (QED) is 0.768. The van der Waals surface area contributed by atoms with Crippen LogP contribution in [0.25, 0.3) is 0 Å². The fourth-order valence-corrected chi connectivity index (χ4v) is 3.79. The molecule has 0 amide bonds. The lowest BCUT2D eigenvalue weighted by molar-refractivity contribution is -0.139. The maximum Gasteiger partial charge on any atom is 0.338 e. The summed E-state index contributed by atoms with van der Waals surface area (Å²) in [5, 5.41) is 19.6. The van der Waals surface area contributed by atoms with Gasteiger partial charge in [-0.1, -0.05) is 18.2 Å². The van der Waals surface area contributed by atoms with Gasteiger partial charge in [0.25, 0.3) is 0 Å². The number of para-hydroxylation sites is 1. The minimum Gasteiger partial charge on any atom is -0.463 e. The van der Waals surface area contributed by atoms with Crippen LogP contribution in [-0.4, -0.2) is 36.9 Å². The number of nitrogens with zero attached hydrogens (tertiary/aromatic N) is 2. The molecule has 7 heteroatoms. The molecule has 2 aliphatic rings. The predicted octanol–water partition coefficient (Wildman–Crippen LogP) is 2.29. The molecule has 2 heterocycles. The number of hydrogen-bond donors (Lipinski definition) is 2. The highest BCUT2D eigenvalue weighted by atomic mass is 16.5. The molecule has 0 bridgehead atoms. The van der Waals surface area contributed by atoms with Crippen molar-refractivity contribution in [1.82, 2.24) is 0 Å². The van der Waals surface area contributed by atoms with Gasteiger partial charge in [0.2, 0.25) is 5.88 Å². The van der Waals surface area contributed by atoms with Gasteiger partial charge in [-0.05, 0) is 38.3 Å². The van der Waals surface area contributed by atoms with Crippen molar-refractivity contribution >= 4 is 11.7 Å². The highest BCUT2D eigenvalue weighted by molar-refractivity contribution is 5.93. The largest absolute Gasteiger partial charge is 0.463 e. The maximum atomic E-state index is 12.7. The molecule has 1 aromatic carbocycles. The Labute approximate surface area is 164 Å². The van der Waals surface area contributed by atoms with E-state index in [1.165, 1.54) is 0 Å². The molecular formula is C21H25N3O4. The Balaban J connectivity index is 2.12. The van der Waals surface area contributed by atoms with Gasteiger partial charge in [0.1, 0.15) is 17.4 Å². The number of rotatable bonds is 4. The molecule has 1 unspecified atom stereocenters. The van der Waals surface area contributed by atoms with E-state index in [0.29, 0.717) is 31.7 Å². The molecule has 0 saturated carbocycles. The van der Waals surface area contributed by atoms with Gasteiger partial charge in [-0.25, -0.2) is 4.79 Å². The van der Waals surface area contributed by atoms with Crippen LogP contribution in [0.5, 0.6) is 0 Å². The second kappa shape index (κ2) is 8.36. The van der Waals surface area contributed by atoms with E-state index in [2.05, 4.69) is 11.0 Å². The second-order valence-corrected chi connectivity index (χ2v) is 6.89. The van der Waals surface area contributed by atoms with Crippen LogP contribution in [-0.2, 0) is 14.3 Å². The summed E-state index contributed by atoms with van der Waals surface area (Å²) in [5.74, 6) is -0.847. The first-order valence-electron chi connectivity index (χ1n) is 9.45. The van der Waals surface area contributed by atoms with Crippen LogP contribution < -0.4 is 10.6 Å². The van der Waals surface area contributed by atoms with E-state index in [1.54, 1.807) is 13.8 Å². The summed E-state index contributed by atoms with van der Waals surface area (Å²) in [6, 6.07) is 9.77. The van der Waals surface area contributed by atoms with Crippen molar-refractivity contribution in [1.29, 1.82) is 5.26 Å². The van der Waals surface area contributed by atoms with Crippen molar-refractivity contribution in [3.8, 4) is 6.07 Å². The van der Waals surface area contributed by atoms with E-state index in [-0.39, 0.29) is 29.7 Å². The Morgan fingerprint density at radius 3 is 2.71 bits per heavy atom. The van der Waals surface area contributed by atoms with Crippen LogP contribution in [0.4, 0.5) is 5.69 Å². The predicted molar refractivity (Wildman–Crippen MR) is 104 cm³/mol. The number of aliphatic hydroxyl groups excluding tert-OH is 1. The number of piperidine rings is 1. The van der Waals surface area contributed by atoms with Gasteiger partial charge in [0, 0.05) is 18.8 Å². The Bertz CT molecular complexity index is 861. The fourth-order valence-electron chi connectivity index (χ4n) is 3.79. The third-order valence-electron chi connectivity index (χ3n) is 5.15. The van der Waals surface area contributed by atoms with Crippen LogP contribution in [0.15, 0.2) is 47.1 Å². The Morgan fingerprint density at radius 1 is 1.39 bits per heavy atom. The summed E-state index contributed by atoms with van der Waals surface area (Å²) in [7, 11) is 0. The Morgan fingerprint density at radius 2 is 2.07 bits per heavy atom. The average molecular weight is 383 g/mol. The van der Waals surface area contributed by atoms with Gasteiger partial charge >= 0.3 is 5.97 Å².